The van der Waals surface area contributed by atoms with Crippen LogP contribution in [-0.2, 0) is 20.2 Å². The molecular weight excluding hydrogens is 445 g/mol. The van der Waals surface area contributed by atoms with E-state index in [9.17, 15) is 21.2 Å². The minimum Gasteiger partial charge on any atom is -0.354 e. The fourth-order valence-corrected chi connectivity index (χ4v) is 5.84. The van der Waals surface area contributed by atoms with Crippen LogP contribution < -0.4 is 4.72 Å². The maximum absolute atomic E-state index is 14.4. The van der Waals surface area contributed by atoms with Crippen molar-refractivity contribution in [1.82, 2.24) is 18.2 Å². The van der Waals surface area contributed by atoms with Gasteiger partial charge in [-0.3, -0.25) is 4.72 Å². The summed E-state index contributed by atoms with van der Waals surface area (Å²) in [4.78, 5) is 3.19. The van der Waals surface area contributed by atoms with E-state index >= 15 is 0 Å². The Balaban J connectivity index is 3.15. The molecule has 0 saturated heterocycles. The normalized spacial score (nSPS) is 13.3. The SMILES string of the molecule is C=C(NS(=O)(=O)N(CCCN(C)C)S(C)(=O)=O)N(C)C(CC(C)=N)c1ccccc1F. The van der Waals surface area contributed by atoms with Crippen molar-refractivity contribution in [3.8, 4) is 0 Å². The summed E-state index contributed by atoms with van der Waals surface area (Å²) in [5.41, 5.74) is 0.528. The number of hydrogen-bond donors (Lipinski definition) is 2. The molecule has 0 saturated carbocycles. The van der Waals surface area contributed by atoms with Gasteiger partial charge in [0.25, 0.3) is 0 Å². The number of rotatable bonds is 13. The van der Waals surface area contributed by atoms with Gasteiger partial charge in [-0.15, -0.1) is 0 Å². The topological polar surface area (TPSA) is 114 Å². The van der Waals surface area contributed by atoms with Crippen molar-refractivity contribution in [2.24, 2.45) is 0 Å². The predicted molar refractivity (Wildman–Crippen MR) is 121 cm³/mol. The fraction of sp³-hybridized carbons (Fsp3) is 0.526. The molecule has 0 aliphatic heterocycles. The summed E-state index contributed by atoms with van der Waals surface area (Å²) in [5, 5.41) is 7.81. The van der Waals surface area contributed by atoms with Crippen molar-refractivity contribution in [1.29, 1.82) is 5.41 Å². The highest BCUT2D eigenvalue weighted by Gasteiger charge is 2.32. The third kappa shape index (κ3) is 8.20. The number of nitrogens with zero attached hydrogens (tertiary/aromatic N) is 3. The van der Waals surface area contributed by atoms with E-state index in [4.69, 9.17) is 5.41 Å². The van der Waals surface area contributed by atoms with Gasteiger partial charge in [0.05, 0.1) is 12.3 Å². The second-order valence-electron chi connectivity index (χ2n) is 7.60. The Morgan fingerprint density at radius 2 is 1.74 bits per heavy atom. The van der Waals surface area contributed by atoms with Gasteiger partial charge in [0.2, 0.25) is 10.0 Å². The van der Waals surface area contributed by atoms with Crippen molar-refractivity contribution in [3.05, 3.63) is 48.0 Å². The molecule has 2 N–H and O–H groups in total. The summed E-state index contributed by atoms with van der Waals surface area (Å²) in [6, 6.07) is 5.28. The van der Waals surface area contributed by atoms with Gasteiger partial charge < -0.3 is 15.2 Å². The minimum absolute atomic E-state index is 0.122. The third-order valence-electron chi connectivity index (χ3n) is 4.49. The number of sulfonamides is 1. The van der Waals surface area contributed by atoms with Gasteiger partial charge in [-0.25, -0.2) is 12.8 Å². The molecule has 1 atom stereocenters. The van der Waals surface area contributed by atoms with Crippen LogP contribution in [0.15, 0.2) is 36.7 Å². The number of benzene rings is 1. The lowest BCUT2D eigenvalue weighted by Crippen LogP contribution is -2.46. The van der Waals surface area contributed by atoms with Gasteiger partial charge >= 0.3 is 10.2 Å². The van der Waals surface area contributed by atoms with Gasteiger partial charge in [-0.05, 0) is 40.1 Å². The van der Waals surface area contributed by atoms with Gasteiger partial charge in [0.15, 0.2) is 0 Å². The molecule has 31 heavy (non-hydrogen) atoms. The quantitative estimate of drug-likeness (QED) is 0.419. The fourth-order valence-electron chi connectivity index (χ4n) is 2.93. The molecule has 9 nitrogen and oxygen atoms in total. The van der Waals surface area contributed by atoms with Crippen molar-refractivity contribution in [2.45, 2.75) is 25.8 Å². The van der Waals surface area contributed by atoms with Crippen LogP contribution in [0.25, 0.3) is 0 Å². The van der Waals surface area contributed by atoms with Crippen LogP contribution >= 0.6 is 0 Å². The molecule has 1 aromatic rings. The third-order valence-corrected chi connectivity index (χ3v) is 8.02. The van der Waals surface area contributed by atoms with Crippen LogP contribution in [0.4, 0.5) is 4.39 Å². The number of nitrogens with one attached hydrogen (secondary N) is 2. The van der Waals surface area contributed by atoms with E-state index in [1.807, 2.05) is 4.90 Å². The lowest BCUT2D eigenvalue weighted by molar-refractivity contribution is 0.297. The molecule has 0 aliphatic rings. The molecule has 1 unspecified atom stereocenters. The average Bonchev–Trinajstić information content (AvgIpc) is 2.61. The molecule has 176 valence electrons. The summed E-state index contributed by atoms with van der Waals surface area (Å²) in [6.07, 6.45) is 1.24. The van der Waals surface area contributed by atoms with Gasteiger partial charge in [-0.2, -0.15) is 8.42 Å². The first-order valence-electron chi connectivity index (χ1n) is 9.52. The van der Waals surface area contributed by atoms with Crippen LogP contribution in [-0.4, -0.2) is 76.5 Å². The highest BCUT2D eigenvalue weighted by atomic mass is 32.3. The zero-order valence-electron chi connectivity index (χ0n) is 18.6. The summed E-state index contributed by atoms with van der Waals surface area (Å²) < 4.78 is 66.9. The first kappa shape index (κ1) is 27.0. The Hall–Kier alpha value is -2.02. The molecule has 12 heteroatoms. The van der Waals surface area contributed by atoms with Crippen LogP contribution in [0.5, 0.6) is 0 Å². The van der Waals surface area contributed by atoms with Crippen molar-refractivity contribution >= 4 is 25.9 Å². The zero-order valence-corrected chi connectivity index (χ0v) is 20.2. The highest BCUT2D eigenvalue weighted by Crippen LogP contribution is 2.28. The molecule has 1 aromatic carbocycles. The van der Waals surface area contributed by atoms with E-state index in [2.05, 4.69) is 11.3 Å². The highest BCUT2D eigenvalue weighted by molar-refractivity contribution is 8.02. The standard InChI is InChI=1S/C19H32FN5O4S2/c1-15(21)14-19(17-10-7-8-11-18(17)20)24(5)16(2)22-31(28,29)25(30(6,26)27)13-9-12-23(3)4/h7-8,10-11,19,21-22H,2,9,12-14H2,1,3-6H3. The lowest BCUT2D eigenvalue weighted by atomic mass is 9.99. The molecule has 0 bridgehead atoms. The van der Waals surface area contributed by atoms with E-state index in [0.29, 0.717) is 16.7 Å². The van der Waals surface area contributed by atoms with E-state index < -0.39 is 32.1 Å². The molecule has 0 fully saturated rings. The van der Waals surface area contributed by atoms with Crippen molar-refractivity contribution in [2.75, 3.05) is 40.5 Å². The lowest BCUT2D eigenvalue weighted by Gasteiger charge is -2.33. The monoisotopic (exact) mass is 477 g/mol. The van der Waals surface area contributed by atoms with Gasteiger partial charge in [-0.1, -0.05) is 28.5 Å². The Morgan fingerprint density at radius 3 is 2.23 bits per heavy atom. The van der Waals surface area contributed by atoms with Crippen molar-refractivity contribution in [3.63, 3.8) is 0 Å². The first-order valence-corrected chi connectivity index (χ1v) is 12.8. The Labute approximate surface area is 185 Å². The molecule has 0 heterocycles. The molecule has 0 radical (unpaired) electrons. The molecule has 1 rings (SSSR count). The largest absolute Gasteiger partial charge is 0.354 e. The van der Waals surface area contributed by atoms with E-state index in [-0.39, 0.29) is 30.1 Å². The van der Waals surface area contributed by atoms with Crippen LogP contribution in [0.3, 0.4) is 0 Å². The van der Waals surface area contributed by atoms with Crippen molar-refractivity contribution < 1.29 is 21.2 Å². The summed E-state index contributed by atoms with van der Waals surface area (Å²) >= 11 is 0. The smallest absolute Gasteiger partial charge is 0.315 e. The second kappa shape index (κ2) is 11.0. The number of halogens is 1. The van der Waals surface area contributed by atoms with E-state index in [1.54, 1.807) is 33.2 Å². The molecule has 0 aromatic heterocycles. The molecule has 0 amide bonds. The molecular formula is C19H32FN5O4S2. The van der Waals surface area contributed by atoms with Gasteiger partial charge in [0.1, 0.15) is 11.6 Å². The maximum Gasteiger partial charge on any atom is 0.315 e. The Kier molecular flexibility index (Phi) is 9.61. The van der Waals surface area contributed by atoms with E-state index in [0.717, 1.165) is 6.26 Å². The van der Waals surface area contributed by atoms with Crippen LogP contribution in [0.2, 0.25) is 0 Å². The summed E-state index contributed by atoms with van der Waals surface area (Å²) in [7, 11) is -3.48. The summed E-state index contributed by atoms with van der Waals surface area (Å²) in [5.74, 6) is -0.645. The Bertz CT molecular complexity index is 996. The summed E-state index contributed by atoms with van der Waals surface area (Å²) in [6.45, 7) is 5.53. The maximum atomic E-state index is 14.4. The zero-order chi connectivity index (χ0) is 24.0. The molecule has 0 spiro atoms. The second-order valence-corrected chi connectivity index (χ2v) is 11.3. The minimum atomic E-state index is -4.49. The van der Waals surface area contributed by atoms with E-state index in [1.165, 1.54) is 24.1 Å². The van der Waals surface area contributed by atoms with Crippen LogP contribution in [0, 0.1) is 11.2 Å². The molecule has 0 aliphatic carbocycles. The van der Waals surface area contributed by atoms with Crippen LogP contribution in [0.1, 0.15) is 31.4 Å². The first-order chi connectivity index (χ1) is 14.2. The Morgan fingerprint density at radius 1 is 1.16 bits per heavy atom. The van der Waals surface area contributed by atoms with Gasteiger partial charge in [0, 0.05) is 31.3 Å². The number of hydrogen-bond acceptors (Lipinski definition) is 7. The predicted octanol–water partition coefficient (Wildman–Crippen LogP) is 1.75. The average molecular weight is 478 g/mol.